The van der Waals surface area contributed by atoms with Gasteiger partial charge in [0.2, 0.25) is 0 Å². The molecule has 120 valence electrons. The maximum atomic E-state index is 9.48. The number of aliphatic imine (C=N–C) groups is 1. The molecule has 0 aromatic rings. The number of rotatable bonds is 8. The molecular weight excluding hydrogens is 260 g/mol. The van der Waals surface area contributed by atoms with Crippen LogP contribution in [0.1, 0.15) is 35.0 Å². The number of aliphatic hydroxyl groups is 1. The first kappa shape index (κ1) is 17.9. The van der Waals surface area contributed by atoms with E-state index in [9.17, 15) is 5.11 Å². The molecule has 1 aliphatic rings. The lowest BCUT2D eigenvalue weighted by Crippen LogP contribution is -2.20. The van der Waals surface area contributed by atoms with Crippen LogP contribution in [0.4, 0.5) is 0 Å². The van der Waals surface area contributed by atoms with Gasteiger partial charge in [-0.2, -0.15) is 0 Å². The summed E-state index contributed by atoms with van der Waals surface area (Å²) < 4.78 is 0. The van der Waals surface area contributed by atoms with Gasteiger partial charge < -0.3 is 10.4 Å². The fraction of sp³-hybridized carbons (Fsp3) is 0.611. The summed E-state index contributed by atoms with van der Waals surface area (Å²) in [5.41, 5.74) is 3.26. The predicted octanol–water partition coefficient (Wildman–Crippen LogP) is 3.38. The number of hydrogen-bond acceptors (Lipinski definition) is 3. The van der Waals surface area contributed by atoms with E-state index >= 15 is 0 Å². The molecule has 0 amide bonds. The number of nitrogens with one attached hydrogen (secondary N) is 1. The van der Waals surface area contributed by atoms with Gasteiger partial charge in [0.25, 0.3) is 0 Å². The maximum Gasteiger partial charge on any atom is 0.0851 e. The first-order chi connectivity index (χ1) is 10.1. The van der Waals surface area contributed by atoms with Gasteiger partial charge in [-0.25, -0.2) is 0 Å². The summed E-state index contributed by atoms with van der Waals surface area (Å²) in [6.45, 7) is 7.99. The van der Waals surface area contributed by atoms with Crippen molar-refractivity contribution in [1.29, 1.82) is 0 Å². The van der Waals surface area contributed by atoms with E-state index in [1.165, 1.54) is 5.57 Å². The Morgan fingerprint density at radius 2 is 2.33 bits per heavy atom. The van der Waals surface area contributed by atoms with Crippen LogP contribution in [0.25, 0.3) is 0 Å². The van der Waals surface area contributed by atoms with Gasteiger partial charge in [-0.05, 0) is 49.8 Å². The van der Waals surface area contributed by atoms with Crippen molar-refractivity contribution < 1.29 is 6.53 Å². The molecule has 0 radical (unpaired) electrons. The van der Waals surface area contributed by atoms with Gasteiger partial charge in [0.05, 0.1) is 12.3 Å². The molecule has 0 aromatic carbocycles. The van der Waals surface area contributed by atoms with Crippen LogP contribution in [0.5, 0.6) is 0 Å². The van der Waals surface area contributed by atoms with E-state index in [4.69, 9.17) is 0 Å². The molecule has 1 rings (SSSR count). The van der Waals surface area contributed by atoms with Crippen LogP contribution in [-0.2, 0) is 0 Å². The monoisotopic (exact) mass is 292 g/mol. The second-order valence-corrected chi connectivity index (χ2v) is 5.83. The molecule has 0 fully saturated rings. The number of hydrogen-bond donors (Lipinski definition) is 2. The van der Waals surface area contributed by atoms with E-state index < -0.39 is 0 Å². The third-order valence-corrected chi connectivity index (χ3v) is 3.85. The standard InChI is InChI=1S/C18H30N2O.H2/c1-5-20-18(13-21)17(12-19-4)10-9-15-7-6-8-16(11-15)14(2)3;/h6-7,10-11,14,16,19,21H,5,8-9,12-13H2,1-4H3;1H/b17-10-,20-18?;. The molecule has 1 atom stereocenters. The Bertz CT molecular complexity index is 436. The average Bonchev–Trinajstić information content (AvgIpc) is 2.49. The smallest absolute Gasteiger partial charge is 0.0851 e. The summed E-state index contributed by atoms with van der Waals surface area (Å²) in [6, 6.07) is 0. The van der Waals surface area contributed by atoms with Gasteiger partial charge >= 0.3 is 0 Å². The van der Waals surface area contributed by atoms with E-state index in [1.807, 2.05) is 14.0 Å². The Kier molecular flexibility index (Phi) is 8.24. The van der Waals surface area contributed by atoms with Crippen LogP contribution in [0.3, 0.4) is 0 Å². The number of allylic oxidation sites excluding steroid dienone is 5. The third-order valence-electron chi connectivity index (χ3n) is 3.85. The van der Waals surface area contributed by atoms with Crippen molar-refractivity contribution in [2.75, 3.05) is 26.7 Å². The minimum atomic E-state index is 0. The lowest BCUT2D eigenvalue weighted by atomic mass is 9.86. The molecule has 21 heavy (non-hydrogen) atoms. The van der Waals surface area contributed by atoms with Crippen molar-refractivity contribution in [3.8, 4) is 0 Å². The van der Waals surface area contributed by atoms with Crippen molar-refractivity contribution in [2.24, 2.45) is 16.8 Å². The second kappa shape index (κ2) is 9.69. The molecule has 3 nitrogen and oxygen atoms in total. The molecule has 2 N–H and O–H groups in total. The molecular formula is C18H32N2O. The van der Waals surface area contributed by atoms with E-state index in [1.54, 1.807) is 0 Å². The zero-order chi connectivity index (χ0) is 15.7. The van der Waals surface area contributed by atoms with Crippen molar-refractivity contribution in [3.63, 3.8) is 0 Å². The summed E-state index contributed by atoms with van der Waals surface area (Å²) in [4.78, 5) is 4.39. The van der Waals surface area contributed by atoms with Crippen molar-refractivity contribution in [1.82, 2.24) is 5.32 Å². The van der Waals surface area contributed by atoms with Crippen LogP contribution in [0.2, 0.25) is 0 Å². The molecule has 3 heteroatoms. The van der Waals surface area contributed by atoms with Crippen LogP contribution >= 0.6 is 0 Å². The first-order valence-corrected chi connectivity index (χ1v) is 7.97. The minimum absolute atomic E-state index is 0. The maximum absolute atomic E-state index is 9.48. The summed E-state index contributed by atoms with van der Waals surface area (Å²) in [5.74, 6) is 1.33. The van der Waals surface area contributed by atoms with Gasteiger partial charge in [0.1, 0.15) is 0 Å². The Morgan fingerprint density at radius 3 is 2.90 bits per heavy atom. The molecule has 0 spiro atoms. The first-order valence-electron chi connectivity index (χ1n) is 7.97. The van der Waals surface area contributed by atoms with E-state index in [0.29, 0.717) is 18.4 Å². The fourth-order valence-electron chi connectivity index (χ4n) is 2.54. The largest absolute Gasteiger partial charge is 0.390 e. The molecule has 0 saturated heterocycles. The quantitative estimate of drug-likeness (QED) is 0.674. The predicted molar refractivity (Wildman–Crippen MR) is 94.0 cm³/mol. The SMILES string of the molecule is CCN=C(CO)/C(=C\CC1=CC(C(C)C)CC=C1)CNC.[HH]. The third kappa shape index (κ3) is 5.98. The van der Waals surface area contributed by atoms with Crippen LogP contribution < -0.4 is 5.32 Å². The van der Waals surface area contributed by atoms with Gasteiger partial charge in [0, 0.05) is 14.5 Å². The van der Waals surface area contributed by atoms with E-state index in [-0.39, 0.29) is 8.03 Å². The Balaban J connectivity index is 0.00000441. The molecule has 0 heterocycles. The van der Waals surface area contributed by atoms with Gasteiger partial charge in [0.15, 0.2) is 0 Å². The fourth-order valence-corrected chi connectivity index (χ4v) is 2.54. The highest BCUT2D eigenvalue weighted by Crippen LogP contribution is 2.25. The molecule has 0 bridgehead atoms. The lowest BCUT2D eigenvalue weighted by Gasteiger charge is -2.20. The summed E-state index contributed by atoms with van der Waals surface area (Å²) >= 11 is 0. The Hall–Kier alpha value is -1.19. The molecule has 1 unspecified atom stereocenters. The minimum Gasteiger partial charge on any atom is -0.390 e. The zero-order valence-electron chi connectivity index (χ0n) is 13.9. The van der Waals surface area contributed by atoms with Crippen LogP contribution in [0, 0.1) is 11.8 Å². The van der Waals surface area contributed by atoms with E-state index in [0.717, 1.165) is 30.7 Å². The number of aliphatic hydroxyl groups excluding tert-OH is 1. The summed E-state index contributed by atoms with van der Waals surface area (Å²) in [5, 5.41) is 12.6. The van der Waals surface area contributed by atoms with E-state index in [2.05, 4.69) is 48.5 Å². The summed E-state index contributed by atoms with van der Waals surface area (Å²) in [7, 11) is 1.92. The van der Waals surface area contributed by atoms with Crippen LogP contribution in [-0.4, -0.2) is 37.6 Å². The van der Waals surface area contributed by atoms with Gasteiger partial charge in [-0.1, -0.05) is 38.2 Å². The highest BCUT2D eigenvalue weighted by molar-refractivity contribution is 6.01. The number of nitrogens with zero attached hydrogens (tertiary/aromatic N) is 1. The van der Waals surface area contributed by atoms with Crippen LogP contribution in [0.15, 0.2) is 40.4 Å². The zero-order valence-corrected chi connectivity index (χ0v) is 13.9. The lowest BCUT2D eigenvalue weighted by molar-refractivity contribution is 0.357. The molecule has 1 aliphatic carbocycles. The molecule has 0 saturated carbocycles. The normalized spacial score (nSPS) is 20.1. The Labute approximate surface area is 131 Å². The second-order valence-electron chi connectivity index (χ2n) is 5.83. The number of likely N-dealkylation sites (N-methyl/N-ethyl adjacent to an activating group) is 1. The van der Waals surface area contributed by atoms with Crippen molar-refractivity contribution in [3.05, 3.63) is 35.5 Å². The Morgan fingerprint density at radius 1 is 1.57 bits per heavy atom. The van der Waals surface area contributed by atoms with Gasteiger partial charge in [-0.15, -0.1) is 0 Å². The average molecular weight is 292 g/mol. The highest BCUT2D eigenvalue weighted by Gasteiger charge is 2.13. The topological polar surface area (TPSA) is 44.6 Å². The van der Waals surface area contributed by atoms with Crippen molar-refractivity contribution in [2.45, 2.75) is 33.6 Å². The van der Waals surface area contributed by atoms with Crippen molar-refractivity contribution >= 4 is 5.71 Å². The molecule has 0 aliphatic heterocycles. The highest BCUT2D eigenvalue weighted by atomic mass is 16.3. The molecule has 0 aromatic heterocycles. The summed E-state index contributed by atoms with van der Waals surface area (Å²) in [6.07, 6.45) is 11.1. The van der Waals surface area contributed by atoms with Gasteiger partial charge in [-0.3, -0.25) is 4.99 Å².